The number of hydrogen-bond acceptors (Lipinski definition) is 2. The van der Waals surface area contributed by atoms with Crippen molar-refractivity contribution in [1.29, 1.82) is 0 Å². The summed E-state index contributed by atoms with van der Waals surface area (Å²) in [5.41, 5.74) is 11.1. The molecule has 0 saturated carbocycles. The molecule has 10 aromatic rings. The Kier molecular flexibility index (Phi) is 7.40. The molecule has 248 valence electrons. The van der Waals surface area contributed by atoms with Crippen LogP contribution < -0.4 is 0 Å². The fraction of sp³-hybridized carbons (Fsp3) is 0.0196. The quantitative estimate of drug-likeness (QED) is 0.170. The Morgan fingerprint density at radius 1 is 0.321 bits per heavy atom. The van der Waals surface area contributed by atoms with E-state index in [1.807, 2.05) is 24.3 Å². The highest BCUT2D eigenvalue weighted by molar-refractivity contribution is 6.25. The lowest BCUT2D eigenvalue weighted by atomic mass is 9.82. The third-order valence-corrected chi connectivity index (χ3v) is 10.5. The molecule has 2 nitrogen and oxygen atoms in total. The van der Waals surface area contributed by atoms with Gasteiger partial charge in [-0.1, -0.05) is 181 Å². The van der Waals surface area contributed by atoms with Crippen molar-refractivity contribution >= 4 is 43.1 Å². The van der Waals surface area contributed by atoms with Crippen LogP contribution in [0.25, 0.3) is 99.2 Å². The Morgan fingerprint density at radius 2 is 0.811 bits per heavy atom. The number of nitrogens with zero attached hydrogens (tertiary/aromatic N) is 2. The van der Waals surface area contributed by atoms with Crippen LogP contribution in [0.4, 0.5) is 0 Å². The lowest BCUT2D eigenvalue weighted by Crippen LogP contribution is -1.97. The maximum atomic E-state index is 5.24. The summed E-state index contributed by atoms with van der Waals surface area (Å²) in [6.07, 6.45) is 0. The van der Waals surface area contributed by atoms with Gasteiger partial charge in [-0.15, -0.1) is 0 Å². The van der Waals surface area contributed by atoms with E-state index < -0.39 is 0 Å². The summed E-state index contributed by atoms with van der Waals surface area (Å²) >= 11 is 0. The minimum absolute atomic E-state index is 0.710. The number of rotatable bonds is 5. The Bertz CT molecular complexity index is 2930. The minimum atomic E-state index is 0.710. The SMILES string of the molecule is Cc1ccc2c(-c3cccc4ccccc34)c3cc(-c4cc(-c5ccccc5)nc(-c5ccccc5)n4)ccc3c(-c3cccc4ccccc34)c2c1. The van der Waals surface area contributed by atoms with Crippen molar-refractivity contribution in [3.05, 3.63) is 194 Å². The molecular weight excluding hydrogens is 641 g/mol. The molecule has 1 heterocycles. The third-order valence-electron chi connectivity index (χ3n) is 10.5. The predicted octanol–water partition coefficient (Wildman–Crippen LogP) is 13.7. The zero-order valence-corrected chi connectivity index (χ0v) is 29.3. The number of benzene rings is 9. The minimum Gasteiger partial charge on any atom is -0.228 e. The average Bonchev–Trinajstić information content (AvgIpc) is 3.23. The molecular formula is C51H34N2. The molecule has 9 aromatic carbocycles. The highest BCUT2D eigenvalue weighted by Crippen LogP contribution is 2.48. The third kappa shape index (κ3) is 5.35. The number of hydrogen-bond donors (Lipinski definition) is 0. The zero-order valence-electron chi connectivity index (χ0n) is 29.3. The maximum Gasteiger partial charge on any atom is 0.160 e. The molecule has 53 heavy (non-hydrogen) atoms. The highest BCUT2D eigenvalue weighted by Gasteiger charge is 2.21. The van der Waals surface area contributed by atoms with Gasteiger partial charge in [-0.25, -0.2) is 9.97 Å². The Morgan fingerprint density at radius 3 is 1.43 bits per heavy atom. The number of aryl methyl sites for hydroxylation is 1. The Hall–Kier alpha value is -6.90. The number of fused-ring (bicyclic) bond motifs is 4. The van der Waals surface area contributed by atoms with Crippen LogP contribution in [0, 0.1) is 6.92 Å². The first-order valence-corrected chi connectivity index (χ1v) is 18.2. The summed E-state index contributed by atoms with van der Waals surface area (Å²) in [4.78, 5) is 10.3. The highest BCUT2D eigenvalue weighted by atomic mass is 14.9. The zero-order chi connectivity index (χ0) is 35.3. The van der Waals surface area contributed by atoms with Gasteiger partial charge in [0.2, 0.25) is 0 Å². The van der Waals surface area contributed by atoms with Crippen LogP contribution in [0.15, 0.2) is 188 Å². The fourth-order valence-corrected chi connectivity index (χ4v) is 8.04. The maximum absolute atomic E-state index is 5.24. The molecule has 1 aromatic heterocycles. The van der Waals surface area contributed by atoms with E-state index in [1.54, 1.807) is 0 Å². The van der Waals surface area contributed by atoms with Crippen LogP contribution in [-0.4, -0.2) is 9.97 Å². The predicted molar refractivity (Wildman–Crippen MR) is 224 cm³/mol. The molecule has 0 amide bonds. The van der Waals surface area contributed by atoms with E-state index in [4.69, 9.17) is 9.97 Å². The van der Waals surface area contributed by atoms with Gasteiger partial charge in [0.15, 0.2) is 5.82 Å². The van der Waals surface area contributed by atoms with Crippen molar-refractivity contribution in [2.45, 2.75) is 6.92 Å². The van der Waals surface area contributed by atoms with Crippen LogP contribution in [0.5, 0.6) is 0 Å². The molecule has 0 bridgehead atoms. The largest absolute Gasteiger partial charge is 0.228 e. The van der Waals surface area contributed by atoms with Gasteiger partial charge < -0.3 is 0 Å². The standard InChI is InChI=1S/C51H34N2/c1-33-26-28-43-45(30-33)49(41-24-12-20-34-14-8-10-22-39(34)41)44-29-27-38(31-46(44)50(43)42-25-13-21-35-15-9-11-23-40(35)42)48-32-47(36-16-4-2-5-17-36)52-51(53-48)37-18-6-3-7-19-37/h2-32H,1H3. The Labute approximate surface area is 308 Å². The molecule has 0 saturated heterocycles. The van der Waals surface area contributed by atoms with Gasteiger partial charge in [0.25, 0.3) is 0 Å². The van der Waals surface area contributed by atoms with Crippen LogP contribution in [0.2, 0.25) is 0 Å². The molecule has 0 spiro atoms. The van der Waals surface area contributed by atoms with Crippen molar-refractivity contribution in [2.75, 3.05) is 0 Å². The monoisotopic (exact) mass is 674 g/mol. The van der Waals surface area contributed by atoms with E-state index in [0.717, 1.165) is 28.1 Å². The van der Waals surface area contributed by atoms with Gasteiger partial charge in [0, 0.05) is 16.7 Å². The van der Waals surface area contributed by atoms with Gasteiger partial charge in [0.1, 0.15) is 0 Å². The molecule has 2 heteroatoms. The molecule has 0 unspecified atom stereocenters. The van der Waals surface area contributed by atoms with E-state index in [9.17, 15) is 0 Å². The summed E-state index contributed by atoms with van der Waals surface area (Å²) < 4.78 is 0. The summed E-state index contributed by atoms with van der Waals surface area (Å²) in [6.45, 7) is 2.20. The first kappa shape index (κ1) is 30.9. The summed E-state index contributed by atoms with van der Waals surface area (Å²) in [5, 5.41) is 9.84. The van der Waals surface area contributed by atoms with E-state index in [-0.39, 0.29) is 0 Å². The van der Waals surface area contributed by atoms with Crippen molar-refractivity contribution in [1.82, 2.24) is 9.97 Å². The van der Waals surface area contributed by atoms with Crippen LogP contribution in [-0.2, 0) is 0 Å². The summed E-state index contributed by atoms with van der Waals surface area (Å²) in [5.74, 6) is 0.710. The fourth-order valence-electron chi connectivity index (χ4n) is 8.04. The smallest absolute Gasteiger partial charge is 0.160 e. The topological polar surface area (TPSA) is 25.8 Å². The van der Waals surface area contributed by atoms with Gasteiger partial charge >= 0.3 is 0 Å². The molecule has 0 aliphatic rings. The molecule has 0 atom stereocenters. The lowest BCUT2D eigenvalue weighted by Gasteiger charge is -2.21. The summed E-state index contributed by atoms with van der Waals surface area (Å²) in [6, 6.07) is 67.5. The van der Waals surface area contributed by atoms with E-state index in [0.29, 0.717) is 5.82 Å². The van der Waals surface area contributed by atoms with Gasteiger partial charge in [0.05, 0.1) is 11.4 Å². The van der Waals surface area contributed by atoms with Gasteiger partial charge in [-0.05, 0) is 84.4 Å². The molecule has 0 N–H and O–H groups in total. The second-order valence-corrected chi connectivity index (χ2v) is 13.8. The second-order valence-electron chi connectivity index (χ2n) is 13.8. The number of aromatic nitrogens is 2. The van der Waals surface area contributed by atoms with Gasteiger partial charge in [-0.2, -0.15) is 0 Å². The van der Waals surface area contributed by atoms with Crippen molar-refractivity contribution in [3.8, 4) is 56.2 Å². The van der Waals surface area contributed by atoms with Crippen LogP contribution >= 0.6 is 0 Å². The van der Waals surface area contributed by atoms with Crippen molar-refractivity contribution in [3.63, 3.8) is 0 Å². The van der Waals surface area contributed by atoms with Gasteiger partial charge in [-0.3, -0.25) is 0 Å². The van der Waals surface area contributed by atoms with Crippen LogP contribution in [0.1, 0.15) is 5.56 Å². The molecule has 0 radical (unpaired) electrons. The van der Waals surface area contributed by atoms with E-state index in [1.165, 1.54) is 70.9 Å². The molecule has 0 aliphatic heterocycles. The van der Waals surface area contributed by atoms with E-state index >= 15 is 0 Å². The molecule has 10 rings (SSSR count). The first-order chi connectivity index (χ1) is 26.2. The van der Waals surface area contributed by atoms with Crippen molar-refractivity contribution in [2.24, 2.45) is 0 Å². The van der Waals surface area contributed by atoms with E-state index in [2.05, 4.69) is 171 Å². The lowest BCUT2D eigenvalue weighted by molar-refractivity contribution is 1.18. The molecule has 0 fully saturated rings. The molecule has 0 aliphatic carbocycles. The average molecular weight is 675 g/mol. The summed E-state index contributed by atoms with van der Waals surface area (Å²) in [7, 11) is 0. The first-order valence-electron chi connectivity index (χ1n) is 18.2. The normalized spacial score (nSPS) is 11.5. The second kappa shape index (κ2) is 12.7. The Balaban J connectivity index is 1.34. The van der Waals surface area contributed by atoms with Crippen molar-refractivity contribution < 1.29 is 0 Å². The van der Waals surface area contributed by atoms with Crippen LogP contribution in [0.3, 0.4) is 0 Å².